The summed E-state index contributed by atoms with van der Waals surface area (Å²) in [6.07, 6.45) is 0. The third-order valence-electron chi connectivity index (χ3n) is 4.81. The molecule has 1 N–H and O–H groups in total. The molecule has 1 atom stereocenters. The standard InChI is InChI=1S/C25H23O5PS/c1-20(24(26)32-18-17-30-31(27)28)19-29-25(21-11-5-2-6-12-21,22-13-7-3-8-14-22)23-15-9-4-10-16-23/h2-16H,1,17-19H2/p+1. The second-order valence-corrected chi connectivity index (χ2v) is 8.68. The maximum atomic E-state index is 12.5. The number of rotatable bonds is 11. The van der Waals surface area contributed by atoms with E-state index in [1.807, 2.05) is 91.0 Å². The molecule has 32 heavy (non-hydrogen) atoms. The lowest BCUT2D eigenvalue weighted by atomic mass is 9.80. The summed E-state index contributed by atoms with van der Waals surface area (Å²) >= 11 is 0.981. The Hall–Kier alpha value is -2.60. The monoisotopic (exact) mass is 467 g/mol. The zero-order chi connectivity index (χ0) is 22.8. The minimum absolute atomic E-state index is 0.00175. The van der Waals surface area contributed by atoms with Gasteiger partial charge in [-0.05, 0) is 16.7 Å². The van der Waals surface area contributed by atoms with Crippen LogP contribution in [-0.2, 0) is 24.2 Å². The summed E-state index contributed by atoms with van der Waals surface area (Å²) in [6.45, 7) is 3.92. The third-order valence-corrected chi connectivity index (χ3v) is 6.14. The molecule has 0 aromatic heterocycles. The topological polar surface area (TPSA) is 72.8 Å². The van der Waals surface area contributed by atoms with E-state index in [9.17, 15) is 9.36 Å². The number of hydrogen-bond donors (Lipinski definition) is 1. The summed E-state index contributed by atoms with van der Waals surface area (Å²) in [6, 6.07) is 29.6. The van der Waals surface area contributed by atoms with Gasteiger partial charge < -0.3 is 4.74 Å². The molecular formula is C25H24O5PS+. The summed E-state index contributed by atoms with van der Waals surface area (Å²) in [5.74, 6) is 0.251. The average Bonchev–Trinajstić information content (AvgIpc) is 2.84. The van der Waals surface area contributed by atoms with Gasteiger partial charge in [0.05, 0.1) is 6.61 Å². The van der Waals surface area contributed by atoms with Gasteiger partial charge in [-0.1, -0.05) is 109 Å². The molecule has 0 fully saturated rings. The summed E-state index contributed by atoms with van der Waals surface area (Å²) in [5.41, 5.74) is 2.17. The van der Waals surface area contributed by atoms with Crippen LogP contribution < -0.4 is 0 Å². The highest BCUT2D eigenvalue weighted by Crippen LogP contribution is 2.40. The second-order valence-electron chi connectivity index (χ2n) is 6.88. The molecule has 0 saturated heterocycles. The maximum Gasteiger partial charge on any atom is 0.694 e. The molecule has 3 aromatic carbocycles. The van der Waals surface area contributed by atoms with Gasteiger partial charge in [-0.2, -0.15) is 0 Å². The van der Waals surface area contributed by atoms with E-state index in [1.165, 1.54) is 0 Å². The smallest absolute Gasteiger partial charge is 0.356 e. The lowest BCUT2D eigenvalue weighted by Crippen LogP contribution is -2.34. The average molecular weight is 468 g/mol. The highest BCUT2D eigenvalue weighted by Gasteiger charge is 2.37. The Kier molecular flexibility index (Phi) is 8.91. The molecule has 0 aliphatic rings. The Labute approximate surface area is 193 Å². The van der Waals surface area contributed by atoms with Crippen molar-refractivity contribution in [2.45, 2.75) is 5.60 Å². The van der Waals surface area contributed by atoms with Crippen molar-refractivity contribution in [2.24, 2.45) is 0 Å². The molecule has 3 rings (SSSR count). The van der Waals surface area contributed by atoms with Crippen LogP contribution in [0.2, 0.25) is 0 Å². The van der Waals surface area contributed by atoms with Gasteiger partial charge in [-0.15, -0.1) is 9.42 Å². The van der Waals surface area contributed by atoms with Crippen LogP contribution in [-0.4, -0.2) is 29.0 Å². The summed E-state index contributed by atoms with van der Waals surface area (Å²) in [5, 5.41) is -0.246. The summed E-state index contributed by atoms with van der Waals surface area (Å²) < 4.78 is 21.7. The normalized spacial score (nSPS) is 11.7. The molecule has 0 aliphatic heterocycles. The minimum atomic E-state index is -2.67. The minimum Gasteiger partial charge on any atom is -0.356 e. The molecule has 0 spiro atoms. The Balaban J connectivity index is 1.89. The number of benzene rings is 3. The Morgan fingerprint density at radius 2 is 1.31 bits per heavy atom. The number of hydrogen-bond acceptors (Lipinski definition) is 5. The van der Waals surface area contributed by atoms with Gasteiger partial charge in [0, 0.05) is 15.9 Å². The fourth-order valence-electron chi connectivity index (χ4n) is 3.37. The molecule has 164 valence electrons. The molecule has 7 heteroatoms. The predicted octanol–water partition coefficient (Wildman–Crippen LogP) is 5.48. The van der Waals surface area contributed by atoms with Crippen molar-refractivity contribution in [1.29, 1.82) is 0 Å². The van der Waals surface area contributed by atoms with E-state index in [4.69, 9.17) is 9.63 Å². The zero-order valence-electron chi connectivity index (χ0n) is 17.4. The van der Waals surface area contributed by atoms with Crippen LogP contribution in [0, 0.1) is 0 Å². The molecule has 0 aliphatic carbocycles. The molecule has 0 heterocycles. The second kappa shape index (κ2) is 11.9. The lowest BCUT2D eigenvalue weighted by Gasteiger charge is -2.36. The summed E-state index contributed by atoms with van der Waals surface area (Å²) in [7, 11) is -2.67. The van der Waals surface area contributed by atoms with Crippen LogP contribution in [0.4, 0.5) is 0 Å². The van der Waals surface area contributed by atoms with E-state index in [-0.39, 0.29) is 24.1 Å². The molecule has 0 saturated carbocycles. The van der Waals surface area contributed by atoms with E-state index in [1.54, 1.807) is 0 Å². The molecule has 0 bridgehead atoms. The number of carbonyl (C=O) groups excluding carboxylic acids is 1. The van der Waals surface area contributed by atoms with Crippen LogP contribution in [0.15, 0.2) is 103 Å². The molecule has 0 amide bonds. The van der Waals surface area contributed by atoms with E-state index in [2.05, 4.69) is 11.1 Å². The fraction of sp³-hybridized carbons (Fsp3) is 0.160. The van der Waals surface area contributed by atoms with Gasteiger partial charge in [0.2, 0.25) is 5.12 Å². The maximum absolute atomic E-state index is 12.5. The van der Waals surface area contributed by atoms with Crippen LogP contribution in [0.25, 0.3) is 0 Å². The summed E-state index contributed by atoms with van der Waals surface area (Å²) in [4.78, 5) is 21.2. The van der Waals surface area contributed by atoms with Gasteiger partial charge >= 0.3 is 8.25 Å². The number of thioether (sulfide) groups is 1. The molecular weight excluding hydrogens is 443 g/mol. The van der Waals surface area contributed by atoms with E-state index in [0.717, 1.165) is 28.5 Å². The zero-order valence-corrected chi connectivity index (χ0v) is 19.1. The quantitative estimate of drug-likeness (QED) is 0.174. The fourth-order valence-corrected chi connectivity index (χ4v) is 4.36. The first-order chi connectivity index (χ1) is 15.5. The van der Waals surface area contributed by atoms with Crippen LogP contribution in [0.3, 0.4) is 0 Å². The van der Waals surface area contributed by atoms with Crippen molar-refractivity contribution in [1.82, 2.24) is 0 Å². The van der Waals surface area contributed by atoms with E-state index >= 15 is 0 Å². The molecule has 3 aromatic rings. The van der Waals surface area contributed by atoms with Gasteiger partial charge in [0.25, 0.3) is 0 Å². The van der Waals surface area contributed by atoms with Crippen LogP contribution >= 0.6 is 20.0 Å². The Bertz CT molecular complexity index is 945. The SMILES string of the molecule is C=C(COC(c1ccccc1)(c1ccccc1)c1ccccc1)C(=O)SCCO[P+](=O)O. The number of carbonyl (C=O) groups is 1. The van der Waals surface area contributed by atoms with Crippen LogP contribution in [0.5, 0.6) is 0 Å². The van der Waals surface area contributed by atoms with Gasteiger partial charge in [0.15, 0.2) is 0 Å². The Morgan fingerprint density at radius 3 is 1.72 bits per heavy atom. The first-order valence-corrected chi connectivity index (χ1v) is 12.1. The van der Waals surface area contributed by atoms with Gasteiger partial charge in [-0.25, -0.2) is 0 Å². The van der Waals surface area contributed by atoms with Gasteiger partial charge in [0.1, 0.15) is 12.2 Å². The van der Waals surface area contributed by atoms with Crippen molar-refractivity contribution in [2.75, 3.05) is 19.0 Å². The van der Waals surface area contributed by atoms with Crippen molar-refractivity contribution in [3.8, 4) is 0 Å². The highest BCUT2D eigenvalue weighted by atomic mass is 32.2. The first-order valence-electron chi connectivity index (χ1n) is 9.98. The first kappa shape index (κ1) is 24.1. The molecule has 0 radical (unpaired) electrons. The third kappa shape index (κ3) is 6.00. The highest BCUT2D eigenvalue weighted by molar-refractivity contribution is 8.14. The number of ether oxygens (including phenoxy) is 1. The van der Waals surface area contributed by atoms with Crippen LogP contribution in [0.1, 0.15) is 16.7 Å². The van der Waals surface area contributed by atoms with Crippen molar-refractivity contribution in [3.63, 3.8) is 0 Å². The molecule has 1 unspecified atom stereocenters. The Morgan fingerprint density at radius 1 is 0.875 bits per heavy atom. The van der Waals surface area contributed by atoms with Crippen molar-refractivity contribution in [3.05, 3.63) is 120 Å². The molecule has 5 nitrogen and oxygen atoms in total. The van der Waals surface area contributed by atoms with Crippen molar-refractivity contribution >= 4 is 25.1 Å². The van der Waals surface area contributed by atoms with Crippen molar-refractivity contribution < 1.29 is 23.5 Å². The van der Waals surface area contributed by atoms with Gasteiger partial charge in [-0.3, -0.25) is 4.79 Å². The largest absolute Gasteiger partial charge is 0.694 e. The van der Waals surface area contributed by atoms with E-state index < -0.39 is 13.9 Å². The van der Waals surface area contributed by atoms with E-state index in [0.29, 0.717) is 5.57 Å². The lowest BCUT2D eigenvalue weighted by molar-refractivity contribution is -0.108. The predicted molar refractivity (Wildman–Crippen MR) is 128 cm³/mol.